The Bertz CT molecular complexity index is 412. The third-order valence-corrected chi connectivity index (χ3v) is 3.00. The van der Waals surface area contributed by atoms with Gasteiger partial charge in [-0.2, -0.15) is 0 Å². The fraction of sp³-hybridized carbons (Fsp3) is 0.417. The second kappa shape index (κ2) is 7.46. The molecule has 0 radical (unpaired) electrons. The van der Waals surface area contributed by atoms with E-state index in [2.05, 4.69) is 10.6 Å². The number of carbonyl (C=O) groups excluding carboxylic acids is 1. The second-order valence-electron chi connectivity index (χ2n) is 3.93. The van der Waals surface area contributed by atoms with Gasteiger partial charge in [-0.05, 0) is 38.2 Å². The molecule has 0 bridgehead atoms. The summed E-state index contributed by atoms with van der Waals surface area (Å²) < 4.78 is 0. The summed E-state index contributed by atoms with van der Waals surface area (Å²) in [5, 5.41) is 6.76. The van der Waals surface area contributed by atoms with Crippen LogP contribution >= 0.6 is 23.2 Å². The van der Waals surface area contributed by atoms with Crippen LogP contribution in [0.1, 0.15) is 6.42 Å². The summed E-state index contributed by atoms with van der Waals surface area (Å²) in [5.74, 6) is 0. The number of anilines is 1. The zero-order valence-electron chi connectivity index (χ0n) is 10.5. The highest BCUT2D eigenvalue weighted by atomic mass is 35.5. The fourth-order valence-corrected chi connectivity index (χ4v) is 1.74. The molecule has 0 fully saturated rings. The van der Waals surface area contributed by atoms with E-state index in [9.17, 15) is 4.79 Å². The Morgan fingerprint density at radius 3 is 2.78 bits per heavy atom. The molecule has 0 saturated carbocycles. The van der Waals surface area contributed by atoms with Crippen LogP contribution in [-0.4, -0.2) is 38.1 Å². The van der Waals surface area contributed by atoms with Gasteiger partial charge in [-0.1, -0.05) is 23.2 Å². The molecular weight excluding hydrogens is 273 g/mol. The molecule has 0 aromatic heterocycles. The van der Waals surface area contributed by atoms with Gasteiger partial charge in [0.1, 0.15) is 0 Å². The monoisotopic (exact) mass is 289 g/mol. The molecule has 6 heteroatoms. The third kappa shape index (κ3) is 4.72. The Balaban J connectivity index is 2.55. The fourth-order valence-electron chi connectivity index (χ4n) is 1.40. The van der Waals surface area contributed by atoms with E-state index in [0.29, 0.717) is 22.3 Å². The lowest BCUT2D eigenvalue weighted by atomic mass is 10.3. The highest BCUT2D eigenvalue weighted by Crippen LogP contribution is 2.25. The number of rotatable bonds is 5. The van der Waals surface area contributed by atoms with Crippen molar-refractivity contribution in [2.45, 2.75) is 6.42 Å². The van der Waals surface area contributed by atoms with Crippen molar-refractivity contribution >= 4 is 34.9 Å². The van der Waals surface area contributed by atoms with Crippen molar-refractivity contribution in [2.24, 2.45) is 0 Å². The van der Waals surface area contributed by atoms with Gasteiger partial charge in [0.25, 0.3) is 0 Å². The first-order valence-corrected chi connectivity index (χ1v) is 6.42. The van der Waals surface area contributed by atoms with Gasteiger partial charge in [-0.25, -0.2) is 4.79 Å². The molecule has 0 unspecified atom stereocenters. The van der Waals surface area contributed by atoms with Crippen LogP contribution in [0.2, 0.25) is 10.0 Å². The van der Waals surface area contributed by atoms with E-state index in [-0.39, 0.29) is 6.03 Å². The van der Waals surface area contributed by atoms with Crippen molar-refractivity contribution in [3.63, 3.8) is 0 Å². The van der Waals surface area contributed by atoms with Gasteiger partial charge >= 0.3 is 6.03 Å². The lowest BCUT2D eigenvalue weighted by Crippen LogP contribution is -2.33. The molecule has 1 rings (SSSR count). The predicted molar refractivity (Wildman–Crippen MR) is 76.7 cm³/mol. The average molecular weight is 290 g/mol. The minimum atomic E-state index is -0.199. The van der Waals surface area contributed by atoms with Gasteiger partial charge in [-0.15, -0.1) is 0 Å². The molecule has 0 aliphatic heterocycles. The summed E-state index contributed by atoms with van der Waals surface area (Å²) in [5.41, 5.74) is 0.523. The van der Waals surface area contributed by atoms with E-state index < -0.39 is 0 Å². The Kier molecular flexibility index (Phi) is 6.25. The maximum Gasteiger partial charge on any atom is 0.321 e. The first kappa shape index (κ1) is 15.1. The molecule has 100 valence electrons. The van der Waals surface area contributed by atoms with Crippen molar-refractivity contribution in [2.75, 3.05) is 32.5 Å². The molecule has 0 atom stereocenters. The van der Waals surface area contributed by atoms with Crippen LogP contribution in [0.15, 0.2) is 18.2 Å². The molecule has 1 aromatic rings. The number of carbonyl (C=O) groups is 1. The minimum Gasteiger partial charge on any atom is -0.328 e. The summed E-state index contributed by atoms with van der Waals surface area (Å²) in [6.07, 6.45) is 0.893. The van der Waals surface area contributed by atoms with Crippen LogP contribution in [0.25, 0.3) is 0 Å². The highest BCUT2D eigenvalue weighted by molar-refractivity contribution is 6.35. The van der Waals surface area contributed by atoms with Gasteiger partial charge in [0.05, 0.1) is 10.7 Å². The van der Waals surface area contributed by atoms with E-state index in [0.717, 1.165) is 13.0 Å². The molecule has 18 heavy (non-hydrogen) atoms. The van der Waals surface area contributed by atoms with Crippen LogP contribution < -0.4 is 10.6 Å². The first-order chi connectivity index (χ1) is 8.54. The second-order valence-corrected chi connectivity index (χ2v) is 4.78. The number of urea groups is 1. The van der Waals surface area contributed by atoms with Crippen LogP contribution in [0.3, 0.4) is 0 Å². The van der Waals surface area contributed by atoms with Gasteiger partial charge in [0, 0.05) is 18.6 Å². The predicted octanol–water partition coefficient (Wildman–Crippen LogP) is 3.07. The van der Waals surface area contributed by atoms with Gasteiger partial charge in [-0.3, -0.25) is 0 Å². The number of halogens is 2. The molecule has 4 nitrogen and oxygen atoms in total. The lowest BCUT2D eigenvalue weighted by molar-refractivity contribution is 0.222. The summed E-state index contributed by atoms with van der Waals surface area (Å²) in [7, 11) is 3.62. The zero-order valence-corrected chi connectivity index (χ0v) is 12.0. The Labute approximate surface area is 117 Å². The molecule has 2 N–H and O–H groups in total. The van der Waals surface area contributed by atoms with E-state index in [1.807, 2.05) is 7.05 Å². The maximum absolute atomic E-state index is 11.9. The summed E-state index contributed by atoms with van der Waals surface area (Å²) in [4.78, 5) is 13.5. The molecular formula is C12H17Cl2N3O. The first-order valence-electron chi connectivity index (χ1n) is 5.66. The van der Waals surface area contributed by atoms with Gasteiger partial charge in [0.15, 0.2) is 0 Å². The van der Waals surface area contributed by atoms with E-state index in [4.69, 9.17) is 23.2 Å². The average Bonchev–Trinajstić information content (AvgIpc) is 2.34. The smallest absolute Gasteiger partial charge is 0.321 e. The summed E-state index contributed by atoms with van der Waals surface area (Å²) in [6, 6.07) is 4.76. The van der Waals surface area contributed by atoms with Crippen LogP contribution in [-0.2, 0) is 0 Å². The minimum absolute atomic E-state index is 0.199. The van der Waals surface area contributed by atoms with Crippen molar-refractivity contribution < 1.29 is 4.79 Å². The normalized spacial score (nSPS) is 10.2. The number of nitrogens with one attached hydrogen (secondary N) is 2. The topological polar surface area (TPSA) is 44.4 Å². The van der Waals surface area contributed by atoms with Crippen LogP contribution in [0, 0.1) is 0 Å². The molecule has 0 heterocycles. The molecule has 1 aromatic carbocycles. The van der Waals surface area contributed by atoms with Gasteiger partial charge < -0.3 is 15.5 Å². The van der Waals surface area contributed by atoms with E-state index >= 15 is 0 Å². The number of amides is 2. The Morgan fingerprint density at radius 2 is 2.11 bits per heavy atom. The van der Waals surface area contributed by atoms with Crippen molar-refractivity contribution in [1.29, 1.82) is 0 Å². The summed E-state index contributed by atoms with van der Waals surface area (Å²) in [6.45, 7) is 1.54. The standard InChI is InChI=1S/C12H17Cl2N3O/c1-15-6-3-7-17(2)12(18)16-11-8-9(13)4-5-10(11)14/h4-5,8,15H,3,6-7H2,1-2H3,(H,16,18). The number of benzene rings is 1. The van der Waals surface area contributed by atoms with Crippen LogP contribution in [0.5, 0.6) is 0 Å². The Morgan fingerprint density at radius 1 is 1.39 bits per heavy atom. The number of hydrogen-bond acceptors (Lipinski definition) is 2. The molecule has 0 spiro atoms. The number of nitrogens with zero attached hydrogens (tertiary/aromatic N) is 1. The van der Waals surface area contributed by atoms with E-state index in [1.165, 1.54) is 0 Å². The Hall–Kier alpha value is -0.970. The molecule has 0 aliphatic rings. The van der Waals surface area contributed by atoms with Crippen molar-refractivity contribution in [3.05, 3.63) is 28.2 Å². The third-order valence-electron chi connectivity index (χ3n) is 2.44. The largest absolute Gasteiger partial charge is 0.328 e. The SMILES string of the molecule is CNCCCN(C)C(=O)Nc1cc(Cl)ccc1Cl. The highest BCUT2D eigenvalue weighted by Gasteiger charge is 2.10. The molecule has 0 saturated heterocycles. The van der Waals surface area contributed by atoms with E-state index in [1.54, 1.807) is 30.1 Å². The number of hydrogen-bond donors (Lipinski definition) is 2. The molecule has 2 amide bonds. The maximum atomic E-state index is 11.9. The lowest BCUT2D eigenvalue weighted by Gasteiger charge is -2.18. The van der Waals surface area contributed by atoms with Crippen LogP contribution in [0.4, 0.5) is 10.5 Å². The summed E-state index contributed by atoms with van der Waals surface area (Å²) >= 11 is 11.8. The zero-order chi connectivity index (χ0) is 13.5. The van der Waals surface area contributed by atoms with Crippen molar-refractivity contribution in [3.8, 4) is 0 Å². The molecule has 0 aliphatic carbocycles. The van der Waals surface area contributed by atoms with Gasteiger partial charge in [0.2, 0.25) is 0 Å². The quantitative estimate of drug-likeness (QED) is 0.819. The van der Waals surface area contributed by atoms with Crippen molar-refractivity contribution in [1.82, 2.24) is 10.2 Å².